The SMILES string of the molecule is CC1(C)c2ccccc2-c2nc3ccccc3c(-c3ccc(-c4c5ccccc5c(-c5cnccn5)c5ccccc45)cc3)c21. The summed E-state index contributed by atoms with van der Waals surface area (Å²) in [6.45, 7) is 4.67. The summed E-state index contributed by atoms with van der Waals surface area (Å²) in [5.41, 5.74) is 12.7. The highest BCUT2D eigenvalue weighted by molar-refractivity contribution is 6.21. The molecule has 0 aliphatic heterocycles. The number of benzene rings is 6. The fraction of sp³-hybridized carbons (Fsp3) is 0.0714. The van der Waals surface area contributed by atoms with Gasteiger partial charge in [-0.1, -0.05) is 129 Å². The number of aromatic nitrogens is 3. The van der Waals surface area contributed by atoms with E-state index in [2.05, 4.69) is 140 Å². The Balaban J connectivity index is 1.29. The van der Waals surface area contributed by atoms with Crippen LogP contribution in [-0.2, 0) is 5.41 Å². The van der Waals surface area contributed by atoms with Gasteiger partial charge in [-0.05, 0) is 61.0 Å². The largest absolute Gasteiger partial charge is 0.261 e. The average Bonchev–Trinajstić information content (AvgIpc) is 3.32. The van der Waals surface area contributed by atoms with Crippen molar-refractivity contribution in [1.29, 1.82) is 0 Å². The number of para-hydroxylation sites is 1. The van der Waals surface area contributed by atoms with Crippen LogP contribution < -0.4 is 0 Å². The van der Waals surface area contributed by atoms with Gasteiger partial charge in [0.1, 0.15) is 0 Å². The van der Waals surface area contributed by atoms with Gasteiger partial charge in [-0.15, -0.1) is 0 Å². The number of hydrogen-bond donors (Lipinski definition) is 0. The molecule has 0 bridgehead atoms. The number of nitrogens with zero attached hydrogens (tertiary/aromatic N) is 3. The zero-order chi connectivity index (χ0) is 30.1. The van der Waals surface area contributed by atoms with Crippen LogP contribution in [0, 0.1) is 0 Å². The van der Waals surface area contributed by atoms with E-state index in [1.165, 1.54) is 65.9 Å². The van der Waals surface area contributed by atoms with E-state index >= 15 is 0 Å². The summed E-state index contributed by atoms with van der Waals surface area (Å²) in [6.07, 6.45) is 5.36. The molecule has 45 heavy (non-hydrogen) atoms. The Morgan fingerprint density at radius 1 is 0.511 bits per heavy atom. The minimum atomic E-state index is -0.167. The van der Waals surface area contributed by atoms with Crippen molar-refractivity contribution in [3.8, 4) is 44.8 Å². The van der Waals surface area contributed by atoms with Crippen LogP contribution in [0.25, 0.3) is 77.2 Å². The Kier molecular flexibility index (Phi) is 5.54. The van der Waals surface area contributed by atoms with Gasteiger partial charge >= 0.3 is 0 Å². The zero-order valence-electron chi connectivity index (χ0n) is 25.1. The fourth-order valence-electron chi connectivity index (χ4n) is 7.63. The molecule has 0 amide bonds. The normalized spacial score (nSPS) is 13.3. The summed E-state index contributed by atoms with van der Waals surface area (Å²) < 4.78 is 0. The second-order valence-corrected chi connectivity index (χ2v) is 12.4. The Labute approximate surface area is 261 Å². The quantitative estimate of drug-likeness (QED) is 0.197. The first-order chi connectivity index (χ1) is 22.1. The Morgan fingerprint density at radius 2 is 1.07 bits per heavy atom. The monoisotopic (exact) mass is 575 g/mol. The number of rotatable bonds is 3. The van der Waals surface area contributed by atoms with Crippen molar-refractivity contribution >= 4 is 32.4 Å². The molecule has 6 aromatic carbocycles. The van der Waals surface area contributed by atoms with Gasteiger partial charge in [0.15, 0.2) is 0 Å². The van der Waals surface area contributed by atoms with Gasteiger partial charge in [0.2, 0.25) is 0 Å². The van der Waals surface area contributed by atoms with Crippen molar-refractivity contribution in [2.75, 3.05) is 0 Å². The van der Waals surface area contributed by atoms with Crippen molar-refractivity contribution in [3.05, 3.63) is 151 Å². The van der Waals surface area contributed by atoms with Crippen LogP contribution in [0.3, 0.4) is 0 Å². The zero-order valence-corrected chi connectivity index (χ0v) is 25.1. The van der Waals surface area contributed by atoms with Crippen molar-refractivity contribution in [2.45, 2.75) is 19.3 Å². The molecule has 212 valence electrons. The van der Waals surface area contributed by atoms with Crippen molar-refractivity contribution in [2.24, 2.45) is 0 Å². The van der Waals surface area contributed by atoms with Crippen molar-refractivity contribution in [1.82, 2.24) is 15.0 Å². The van der Waals surface area contributed by atoms with E-state index in [4.69, 9.17) is 9.97 Å². The lowest BCUT2D eigenvalue weighted by atomic mass is 9.78. The highest BCUT2D eigenvalue weighted by Crippen LogP contribution is 2.53. The lowest BCUT2D eigenvalue weighted by Crippen LogP contribution is -2.16. The fourth-order valence-corrected chi connectivity index (χ4v) is 7.63. The van der Waals surface area contributed by atoms with Gasteiger partial charge in [0.25, 0.3) is 0 Å². The second kappa shape index (κ2) is 9.67. The molecule has 0 radical (unpaired) electrons. The maximum Gasteiger partial charge on any atom is 0.0897 e. The topological polar surface area (TPSA) is 38.7 Å². The molecule has 0 fully saturated rings. The molecule has 2 heterocycles. The standard InChI is InChI=1S/C42H29N3/c1-42(2)34-17-9-7-15-32(34)41-40(42)38(33-16-8-10-18-35(33)45-41)27-21-19-26(20-22-27)37-28-11-3-5-13-30(28)39(36-25-43-23-24-44-36)31-14-6-4-12-29(31)37/h3-25H,1-2H3. The lowest BCUT2D eigenvalue weighted by Gasteiger charge is -2.25. The Morgan fingerprint density at radius 3 is 1.71 bits per heavy atom. The van der Waals surface area contributed by atoms with Crippen molar-refractivity contribution in [3.63, 3.8) is 0 Å². The predicted octanol–water partition coefficient (Wildman–Crippen LogP) is 10.6. The van der Waals surface area contributed by atoms with Gasteiger partial charge in [-0.3, -0.25) is 9.97 Å². The number of hydrogen-bond acceptors (Lipinski definition) is 3. The molecule has 0 atom stereocenters. The van der Waals surface area contributed by atoms with Crippen LogP contribution in [0.4, 0.5) is 0 Å². The van der Waals surface area contributed by atoms with E-state index in [1.807, 2.05) is 6.20 Å². The molecule has 1 aliphatic carbocycles. The van der Waals surface area contributed by atoms with Crippen LogP contribution in [0.1, 0.15) is 25.0 Å². The molecule has 0 saturated carbocycles. The molecule has 1 aliphatic rings. The van der Waals surface area contributed by atoms with Gasteiger partial charge in [-0.2, -0.15) is 0 Å². The third-order valence-corrected chi connectivity index (χ3v) is 9.59. The minimum Gasteiger partial charge on any atom is -0.261 e. The molecule has 0 spiro atoms. The molecule has 0 unspecified atom stereocenters. The van der Waals surface area contributed by atoms with E-state index in [-0.39, 0.29) is 5.41 Å². The molecule has 3 nitrogen and oxygen atoms in total. The molecule has 3 heteroatoms. The van der Waals surface area contributed by atoms with E-state index in [9.17, 15) is 0 Å². The molecular weight excluding hydrogens is 546 g/mol. The highest BCUT2D eigenvalue weighted by atomic mass is 14.8. The predicted molar refractivity (Wildman–Crippen MR) is 186 cm³/mol. The number of pyridine rings is 1. The summed E-state index contributed by atoms with van der Waals surface area (Å²) in [6, 6.07) is 43.8. The summed E-state index contributed by atoms with van der Waals surface area (Å²) in [5, 5.41) is 5.95. The van der Waals surface area contributed by atoms with Crippen LogP contribution in [0.2, 0.25) is 0 Å². The van der Waals surface area contributed by atoms with E-state index in [1.54, 1.807) is 12.4 Å². The minimum absolute atomic E-state index is 0.167. The summed E-state index contributed by atoms with van der Waals surface area (Å²) in [7, 11) is 0. The van der Waals surface area contributed by atoms with Gasteiger partial charge in [0.05, 0.1) is 23.1 Å². The van der Waals surface area contributed by atoms with Crippen molar-refractivity contribution < 1.29 is 0 Å². The van der Waals surface area contributed by atoms with Crippen LogP contribution in [0.5, 0.6) is 0 Å². The smallest absolute Gasteiger partial charge is 0.0897 e. The molecule has 2 aromatic heterocycles. The maximum absolute atomic E-state index is 5.24. The van der Waals surface area contributed by atoms with Crippen LogP contribution in [-0.4, -0.2) is 15.0 Å². The van der Waals surface area contributed by atoms with E-state index in [0.717, 1.165) is 22.5 Å². The van der Waals surface area contributed by atoms with E-state index in [0.29, 0.717) is 0 Å². The average molecular weight is 576 g/mol. The highest BCUT2D eigenvalue weighted by Gasteiger charge is 2.39. The first-order valence-corrected chi connectivity index (χ1v) is 15.4. The van der Waals surface area contributed by atoms with Gasteiger partial charge in [-0.25, -0.2) is 4.98 Å². The maximum atomic E-state index is 5.24. The third-order valence-electron chi connectivity index (χ3n) is 9.59. The second-order valence-electron chi connectivity index (χ2n) is 12.4. The van der Waals surface area contributed by atoms with Gasteiger partial charge in [0, 0.05) is 34.3 Å². The summed E-state index contributed by atoms with van der Waals surface area (Å²) in [5.74, 6) is 0. The summed E-state index contributed by atoms with van der Waals surface area (Å²) >= 11 is 0. The molecule has 9 rings (SSSR count). The van der Waals surface area contributed by atoms with E-state index < -0.39 is 0 Å². The Hall–Kier alpha value is -5.67. The Bertz CT molecular complexity index is 2380. The number of fused-ring (bicyclic) bond motifs is 6. The molecule has 0 saturated heterocycles. The first kappa shape index (κ1) is 25.8. The molecule has 8 aromatic rings. The summed E-state index contributed by atoms with van der Waals surface area (Å²) in [4.78, 5) is 14.3. The van der Waals surface area contributed by atoms with Crippen LogP contribution in [0.15, 0.2) is 140 Å². The lowest BCUT2D eigenvalue weighted by molar-refractivity contribution is 0.662. The third kappa shape index (κ3) is 3.74. The van der Waals surface area contributed by atoms with Crippen LogP contribution >= 0.6 is 0 Å². The molecular formula is C42H29N3. The van der Waals surface area contributed by atoms with Gasteiger partial charge < -0.3 is 0 Å². The first-order valence-electron chi connectivity index (χ1n) is 15.4. The molecule has 0 N–H and O–H groups in total.